The zero-order valence-electron chi connectivity index (χ0n) is 18.3. The van der Waals surface area contributed by atoms with E-state index in [1.807, 2.05) is 11.8 Å². The Morgan fingerprint density at radius 3 is 2.26 bits per heavy atom. The number of rotatable bonds is 5. The maximum Gasteiger partial charge on any atom is 0.417 e. The van der Waals surface area contributed by atoms with E-state index < -0.39 is 29.8 Å². The Morgan fingerprint density at radius 2 is 1.68 bits per heavy atom. The Bertz CT molecular complexity index is 974. The number of anilines is 1. The van der Waals surface area contributed by atoms with Crippen molar-refractivity contribution in [3.8, 4) is 5.75 Å². The van der Waals surface area contributed by atoms with Gasteiger partial charge in [0.25, 0.3) is 0 Å². The van der Waals surface area contributed by atoms with Crippen LogP contribution in [0.1, 0.15) is 49.2 Å². The molecule has 11 heteroatoms. The van der Waals surface area contributed by atoms with Crippen LogP contribution in [0.2, 0.25) is 0 Å². The first-order valence-corrected chi connectivity index (χ1v) is 11.0. The predicted molar refractivity (Wildman–Crippen MR) is 110 cm³/mol. The smallest absolute Gasteiger partial charge is 0.417 e. The van der Waals surface area contributed by atoms with Crippen molar-refractivity contribution in [2.24, 2.45) is 0 Å². The molecule has 2 atom stereocenters. The van der Waals surface area contributed by atoms with E-state index in [-0.39, 0.29) is 36.7 Å². The van der Waals surface area contributed by atoms with Gasteiger partial charge >= 0.3 is 12.4 Å². The first kappa shape index (κ1) is 24.6. The number of benzene rings is 1. The molecule has 0 aliphatic carbocycles. The lowest BCUT2D eigenvalue weighted by atomic mass is 9.97. The monoisotopic (exact) mass is 490 g/mol. The largest absolute Gasteiger partial charge is 0.490 e. The fourth-order valence-corrected chi connectivity index (χ4v) is 4.27. The van der Waals surface area contributed by atoms with Gasteiger partial charge in [-0.05, 0) is 36.8 Å². The second-order valence-electron chi connectivity index (χ2n) is 8.25. The fourth-order valence-electron chi connectivity index (χ4n) is 4.27. The third kappa shape index (κ3) is 5.41. The Balaban J connectivity index is 1.50. The van der Waals surface area contributed by atoms with Gasteiger partial charge in [0.15, 0.2) is 6.29 Å². The molecule has 0 unspecified atom stereocenters. The molecule has 0 bridgehead atoms. The lowest BCUT2D eigenvalue weighted by Crippen LogP contribution is -2.46. The first-order valence-electron chi connectivity index (χ1n) is 11.0. The molecule has 0 amide bonds. The summed E-state index contributed by atoms with van der Waals surface area (Å²) in [5.41, 5.74) is -1.44. The van der Waals surface area contributed by atoms with Crippen LogP contribution in [0.25, 0.3) is 0 Å². The van der Waals surface area contributed by atoms with Gasteiger partial charge in [-0.25, -0.2) is 4.98 Å². The van der Waals surface area contributed by atoms with Gasteiger partial charge < -0.3 is 19.1 Å². The van der Waals surface area contributed by atoms with Crippen LogP contribution in [0.5, 0.6) is 5.75 Å². The molecule has 1 aromatic carbocycles. The summed E-state index contributed by atoms with van der Waals surface area (Å²) in [7, 11) is 0. The Morgan fingerprint density at radius 1 is 1.00 bits per heavy atom. The van der Waals surface area contributed by atoms with Crippen molar-refractivity contribution in [2.75, 3.05) is 24.7 Å². The van der Waals surface area contributed by atoms with E-state index in [1.54, 1.807) is 0 Å². The van der Waals surface area contributed by atoms with E-state index >= 15 is 0 Å². The molecule has 5 nitrogen and oxygen atoms in total. The van der Waals surface area contributed by atoms with Crippen molar-refractivity contribution < 1.29 is 40.6 Å². The minimum Gasteiger partial charge on any atom is -0.490 e. The number of alkyl halides is 6. The van der Waals surface area contributed by atoms with Crippen molar-refractivity contribution in [1.29, 1.82) is 0 Å². The molecule has 3 heterocycles. The maximum atomic E-state index is 13.2. The topological polar surface area (TPSA) is 43.8 Å². The summed E-state index contributed by atoms with van der Waals surface area (Å²) >= 11 is 0. The quantitative estimate of drug-likeness (QED) is 0.482. The number of hydrogen-bond donors (Lipinski definition) is 0. The number of hydrogen-bond acceptors (Lipinski definition) is 5. The summed E-state index contributed by atoms with van der Waals surface area (Å²) < 4.78 is 95.2. The van der Waals surface area contributed by atoms with Gasteiger partial charge in [-0.15, -0.1) is 0 Å². The van der Waals surface area contributed by atoms with Crippen molar-refractivity contribution in [2.45, 2.75) is 57.0 Å². The SMILES string of the molecule is CC[C@H]1C[C@@H](Oc2ccc(C(F)(F)F)cc2C2OCCO2)CCN1c1ccc(C(F)(F)F)cn1. The highest BCUT2D eigenvalue weighted by molar-refractivity contribution is 5.43. The normalized spacial score (nSPS) is 22.3. The van der Waals surface area contributed by atoms with Crippen LogP contribution < -0.4 is 9.64 Å². The average Bonchev–Trinajstić information content (AvgIpc) is 3.33. The van der Waals surface area contributed by atoms with Crippen LogP contribution in [-0.2, 0) is 21.8 Å². The van der Waals surface area contributed by atoms with Crippen molar-refractivity contribution in [3.63, 3.8) is 0 Å². The molecule has 34 heavy (non-hydrogen) atoms. The summed E-state index contributed by atoms with van der Waals surface area (Å²) in [5.74, 6) is 0.710. The van der Waals surface area contributed by atoms with Crippen LogP contribution >= 0.6 is 0 Å². The molecule has 2 aliphatic rings. The minimum atomic E-state index is -4.51. The zero-order chi connectivity index (χ0) is 24.5. The first-order chi connectivity index (χ1) is 16.1. The number of pyridine rings is 1. The highest BCUT2D eigenvalue weighted by Gasteiger charge is 2.35. The van der Waals surface area contributed by atoms with Gasteiger partial charge in [-0.1, -0.05) is 6.92 Å². The van der Waals surface area contributed by atoms with Gasteiger partial charge in [0.1, 0.15) is 17.7 Å². The van der Waals surface area contributed by atoms with E-state index in [0.717, 1.165) is 24.4 Å². The lowest BCUT2D eigenvalue weighted by Gasteiger charge is -2.40. The molecule has 4 rings (SSSR count). The van der Waals surface area contributed by atoms with Crippen LogP contribution in [0.3, 0.4) is 0 Å². The van der Waals surface area contributed by atoms with Gasteiger partial charge in [-0.2, -0.15) is 26.3 Å². The van der Waals surface area contributed by atoms with E-state index in [4.69, 9.17) is 14.2 Å². The standard InChI is InChI=1S/C23H24F6N2O3/c1-2-16-12-17(7-8-31(16)20-6-4-15(13-30-20)23(27,28)29)34-19-5-3-14(22(24,25)26)11-18(19)21-32-9-10-33-21/h3-6,11,13,16-17,21H,2,7-10,12H2,1H3/t16-,17-/m0/s1. The number of aromatic nitrogens is 1. The Hall–Kier alpha value is -2.53. The molecular weight excluding hydrogens is 466 g/mol. The second kappa shape index (κ2) is 9.61. The van der Waals surface area contributed by atoms with Crippen LogP contribution in [0.15, 0.2) is 36.5 Å². The molecule has 2 fully saturated rings. The summed E-state index contributed by atoms with van der Waals surface area (Å²) in [4.78, 5) is 5.94. The van der Waals surface area contributed by atoms with Crippen molar-refractivity contribution >= 4 is 5.82 Å². The van der Waals surface area contributed by atoms with E-state index in [9.17, 15) is 26.3 Å². The number of halogens is 6. The second-order valence-corrected chi connectivity index (χ2v) is 8.25. The third-order valence-corrected chi connectivity index (χ3v) is 6.01. The van der Waals surface area contributed by atoms with Gasteiger partial charge in [0.2, 0.25) is 0 Å². The third-order valence-electron chi connectivity index (χ3n) is 6.01. The van der Waals surface area contributed by atoms with Crippen LogP contribution in [0.4, 0.5) is 32.2 Å². The van der Waals surface area contributed by atoms with Crippen LogP contribution in [-0.4, -0.2) is 36.9 Å². The summed E-state index contributed by atoms with van der Waals surface area (Å²) in [6.45, 7) is 2.98. The highest BCUT2D eigenvalue weighted by atomic mass is 19.4. The molecule has 0 saturated carbocycles. The zero-order valence-corrected chi connectivity index (χ0v) is 18.3. The van der Waals surface area contributed by atoms with E-state index in [0.29, 0.717) is 31.6 Å². The molecule has 2 aliphatic heterocycles. The molecular formula is C23H24F6N2O3. The van der Waals surface area contributed by atoms with Gasteiger partial charge in [-0.3, -0.25) is 0 Å². The summed E-state index contributed by atoms with van der Waals surface area (Å²) in [5, 5.41) is 0. The Labute approximate surface area is 192 Å². The molecule has 0 spiro atoms. The van der Waals surface area contributed by atoms with E-state index in [2.05, 4.69) is 4.98 Å². The van der Waals surface area contributed by atoms with Gasteiger partial charge in [0, 0.05) is 31.6 Å². The molecule has 2 aromatic rings. The molecule has 2 saturated heterocycles. The Kier molecular flexibility index (Phi) is 6.95. The molecule has 0 radical (unpaired) electrons. The van der Waals surface area contributed by atoms with Crippen molar-refractivity contribution in [3.05, 3.63) is 53.2 Å². The maximum absolute atomic E-state index is 13.2. The fraction of sp³-hybridized carbons (Fsp3) is 0.522. The summed E-state index contributed by atoms with van der Waals surface area (Å²) in [6, 6.07) is 5.55. The molecule has 0 N–H and O–H groups in total. The number of piperidine rings is 1. The van der Waals surface area contributed by atoms with Gasteiger partial charge in [0.05, 0.1) is 29.9 Å². The minimum absolute atomic E-state index is 0.0557. The molecule has 1 aromatic heterocycles. The summed E-state index contributed by atoms with van der Waals surface area (Å²) in [6.07, 6.45) is -7.64. The number of nitrogens with zero attached hydrogens (tertiary/aromatic N) is 2. The lowest BCUT2D eigenvalue weighted by molar-refractivity contribution is -0.138. The molecule has 186 valence electrons. The average molecular weight is 490 g/mol. The van der Waals surface area contributed by atoms with Crippen LogP contribution in [0, 0.1) is 0 Å². The predicted octanol–water partition coefficient (Wildman–Crippen LogP) is 5.99. The van der Waals surface area contributed by atoms with E-state index in [1.165, 1.54) is 12.1 Å². The van der Waals surface area contributed by atoms with Crippen molar-refractivity contribution in [1.82, 2.24) is 4.98 Å². The highest BCUT2D eigenvalue weighted by Crippen LogP contribution is 2.39. The number of ether oxygens (including phenoxy) is 3.